The van der Waals surface area contributed by atoms with Crippen molar-refractivity contribution in [3.63, 3.8) is 0 Å². The Labute approximate surface area is 128 Å². The number of hydrogen-bond donors (Lipinski definition) is 0. The SMILES string of the molecule is CCCN(CCC)CC(=O)N1CCN(C(=O)C2CC2)CC1. The molecular weight excluding hydrogens is 266 g/mol. The second-order valence-electron chi connectivity index (χ2n) is 6.26. The molecule has 2 aliphatic rings. The number of rotatable bonds is 7. The Hall–Kier alpha value is -1.10. The summed E-state index contributed by atoms with van der Waals surface area (Å²) in [6.45, 7) is 9.61. The molecule has 2 rings (SSSR count). The van der Waals surface area contributed by atoms with Crippen molar-refractivity contribution in [3.05, 3.63) is 0 Å². The van der Waals surface area contributed by atoms with Crippen LogP contribution in [0.3, 0.4) is 0 Å². The van der Waals surface area contributed by atoms with Gasteiger partial charge >= 0.3 is 0 Å². The fourth-order valence-corrected chi connectivity index (χ4v) is 2.96. The number of nitrogens with zero attached hydrogens (tertiary/aromatic N) is 3. The summed E-state index contributed by atoms with van der Waals surface area (Å²) in [4.78, 5) is 30.5. The van der Waals surface area contributed by atoms with Crippen molar-refractivity contribution in [2.45, 2.75) is 39.5 Å². The van der Waals surface area contributed by atoms with Gasteiger partial charge in [-0.15, -0.1) is 0 Å². The van der Waals surface area contributed by atoms with Gasteiger partial charge in [0.2, 0.25) is 11.8 Å². The Morgan fingerprint density at radius 1 is 0.952 bits per heavy atom. The van der Waals surface area contributed by atoms with Crippen molar-refractivity contribution in [2.24, 2.45) is 5.92 Å². The normalized spacial score (nSPS) is 19.2. The van der Waals surface area contributed by atoms with Crippen molar-refractivity contribution < 1.29 is 9.59 Å². The number of hydrogen-bond acceptors (Lipinski definition) is 3. The molecule has 2 amide bonds. The number of amides is 2. The predicted molar refractivity (Wildman–Crippen MR) is 82.9 cm³/mol. The van der Waals surface area contributed by atoms with Crippen LogP contribution >= 0.6 is 0 Å². The molecule has 2 fully saturated rings. The van der Waals surface area contributed by atoms with Crippen molar-refractivity contribution in [2.75, 3.05) is 45.8 Å². The van der Waals surface area contributed by atoms with Crippen LogP contribution in [0.4, 0.5) is 0 Å². The van der Waals surface area contributed by atoms with E-state index in [1.807, 2.05) is 9.80 Å². The van der Waals surface area contributed by atoms with E-state index < -0.39 is 0 Å². The Kier molecular flexibility index (Phi) is 6.03. The first-order valence-electron chi connectivity index (χ1n) is 8.44. The quantitative estimate of drug-likeness (QED) is 0.708. The van der Waals surface area contributed by atoms with Gasteiger partial charge in [0.1, 0.15) is 0 Å². The lowest BCUT2D eigenvalue weighted by Crippen LogP contribution is -2.53. The average molecular weight is 295 g/mol. The van der Waals surface area contributed by atoms with E-state index >= 15 is 0 Å². The minimum absolute atomic E-state index is 0.218. The fraction of sp³-hybridized carbons (Fsp3) is 0.875. The highest BCUT2D eigenvalue weighted by Crippen LogP contribution is 2.31. The third-order valence-corrected chi connectivity index (χ3v) is 4.31. The highest BCUT2D eigenvalue weighted by atomic mass is 16.2. The highest BCUT2D eigenvalue weighted by molar-refractivity contribution is 5.82. The zero-order valence-electron chi connectivity index (χ0n) is 13.5. The minimum Gasteiger partial charge on any atom is -0.339 e. The van der Waals surface area contributed by atoms with E-state index in [-0.39, 0.29) is 11.8 Å². The largest absolute Gasteiger partial charge is 0.339 e. The van der Waals surface area contributed by atoms with Gasteiger partial charge in [-0.05, 0) is 38.8 Å². The highest BCUT2D eigenvalue weighted by Gasteiger charge is 2.35. The van der Waals surface area contributed by atoms with Crippen LogP contribution in [-0.4, -0.2) is 72.3 Å². The van der Waals surface area contributed by atoms with Gasteiger partial charge in [0.15, 0.2) is 0 Å². The van der Waals surface area contributed by atoms with Crippen LogP contribution in [-0.2, 0) is 9.59 Å². The molecule has 0 unspecified atom stereocenters. The summed E-state index contributed by atoms with van der Waals surface area (Å²) in [6, 6.07) is 0. The molecule has 5 nitrogen and oxygen atoms in total. The Morgan fingerprint density at radius 2 is 1.48 bits per heavy atom. The van der Waals surface area contributed by atoms with Gasteiger partial charge in [-0.1, -0.05) is 13.8 Å². The van der Waals surface area contributed by atoms with Gasteiger partial charge in [-0.3, -0.25) is 14.5 Å². The fourth-order valence-electron chi connectivity index (χ4n) is 2.96. The summed E-state index contributed by atoms with van der Waals surface area (Å²) in [6.07, 6.45) is 4.27. The minimum atomic E-state index is 0.218. The van der Waals surface area contributed by atoms with E-state index in [4.69, 9.17) is 0 Å². The monoisotopic (exact) mass is 295 g/mol. The lowest BCUT2D eigenvalue weighted by Gasteiger charge is -2.36. The molecule has 21 heavy (non-hydrogen) atoms. The standard InChI is InChI=1S/C16H29N3O2/c1-3-7-17(8-4-2)13-15(20)18-9-11-19(12-10-18)16(21)14-5-6-14/h14H,3-13H2,1-2H3. The van der Waals surface area contributed by atoms with Gasteiger partial charge in [-0.2, -0.15) is 0 Å². The smallest absolute Gasteiger partial charge is 0.236 e. The van der Waals surface area contributed by atoms with E-state index in [1.165, 1.54) is 0 Å². The molecule has 0 radical (unpaired) electrons. The van der Waals surface area contributed by atoms with Crippen LogP contribution in [0.2, 0.25) is 0 Å². The predicted octanol–water partition coefficient (Wildman–Crippen LogP) is 1.19. The molecule has 1 heterocycles. The summed E-state index contributed by atoms with van der Waals surface area (Å²) in [5.41, 5.74) is 0. The van der Waals surface area contributed by atoms with Gasteiger partial charge < -0.3 is 9.80 Å². The molecule has 0 aromatic heterocycles. The Morgan fingerprint density at radius 3 is 1.95 bits per heavy atom. The molecule has 1 saturated heterocycles. The van der Waals surface area contributed by atoms with Crippen LogP contribution in [0.5, 0.6) is 0 Å². The maximum Gasteiger partial charge on any atom is 0.236 e. The summed E-state index contributed by atoms with van der Waals surface area (Å²) < 4.78 is 0. The molecule has 0 atom stereocenters. The van der Waals surface area contributed by atoms with E-state index in [1.54, 1.807) is 0 Å². The Bertz CT molecular complexity index is 355. The lowest BCUT2D eigenvalue weighted by atomic mass is 10.2. The summed E-state index contributed by atoms with van der Waals surface area (Å²) in [5.74, 6) is 0.813. The topological polar surface area (TPSA) is 43.9 Å². The van der Waals surface area contributed by atoms with E-state index in [0.717, 1.165) is 38.8 Å². The summed E-state index contributed by atoms with van der Waals surface area (Å²) >= 11 is 0. The Balaban J connectivity index is 1.75. The van der Waals surface area contributed by atoms with Crippen LogP contribution in [0, 0.1) is 5.92 Å². The molecule has 5 heteroatoms. The van der Waals surface area contributed by atoms with Gasteiger partial charge in [0.05, 0.1) is 6.54 Å². The van der Waals surface area contributed by atoms with Crippen molar-refractivity contribution in [3.8, 4) is 0 Å². The molecular formula is C16H29N3O2. The average Bonchev–Trinajstić information content (AvgIpc) is 3.32. The van der Waals surface area contributed by atoms with Gasteiger partial charge in [-0.25, -0.2) is 0 Å². The van der Waals surface area contributed by atoms with Crippen molar-refractivity contribution in [1.82, 2.24) is 14.7 Å². The maximum atomic E-state index is 12.4. The van der Waals surface area contributed by atoms with E-state index in [9.17, 15) is 9.59 Å². The molecule has 0 aromatic carbocycles. The van der Waals surface area contributed by atoms with Crippen molar-refractivity contribution >= 4 is 11.8 Å². The van der Waals surface area contributed by atoms with Gasteiger partial charge in [0.25, 0.3) is 0 Å². The molecule has 0 spiro atoms. The van der Waals surface area contributed by atoms with Crippen LogP contribution in [0.1, 0.15) is 39.5 Å². The number of carbonyl (C=O) groups is 2. The molecule has 1 saturated carbocycles. The second kappa shape index (κ2) is 7.78. The maximum absolute atomic E-state index is 12.4. The van der Waals surface area contributed by atoms with E-state index in [2.05, 4.69) is 18.7 Å². The summed E-state index contributed by atoms with van der Waals surface area (Å²) in [5, 5.41) is 0. The summed E-state index contributed by atoms with van der Waals surface area (Å²) in [7, 11) is 0. The van der Waals surface area contributed by atoms with Gasteiger partial charge in [0, 0.05) is 32.1 Å². The van der Waals surface area contributed by atoms with Crippen molar-refractivity contribution in [1.29, 1.82) is 0 Å². The molecule has 0 bridgehead atoms. The molecule has 0 aromatic rings. The molecule has 0 N–H and O–H groups in total. The van der Waals surface area contributed by atoms with E-state index in [0.29, 0.717) is 38.6 Å². The molecule has 1 aliphatic heterocycles. The second-order valence-corrected chi connectivity index (χ2v) is 6.26. The van der Waals surface area contributed by atoms with Crippen LogP contribution < -0.4 is 0 Å². The first kappa shape index (κ1) is 16.3. The lowest BCUT2D eigenvalue weighted by molar-refractivity contribution is -0.140. The zero-order chi connectivity index (χ0) is 15.2. The first-order valence-corrected chi connectivity index (χ1v) is 8.44. The third-order valence-electron chi connectivity index (χ3n) is 4.31. The molecule has 1 aliphatic carbocycles. The number of carbonyl (C=O) groups excluding carboxylic acids is 2. The third kappa shape index (κ3) is 4.70. The first-order chi connectivity index (χ1) is 10.2. The zero-order valence-corrected chi connectivity index (χ0v) is 13.5. The van der Waals surface area contributed by atoms with Crippen LogP contribution in [0.25, 0.3) is 0 Å². The van der Waals surface area contributed by atoms with Crippen LogP contribution in [0.15, 0.2) is 0 Å². The number of piperazine rings is 1. The molecule has 120 valence electrons.